The van der Waals surface area contributed by atoms with Crippen LogP contribution in [-0.4, -0.2) is 36.1 Å². The SMILES string of the molecule is Clc1ccccc1Cc1cnc(N2CCCNCC2)nc1. The first-order valence-corrected chi connectivity index (χ1v) is 7.71. The van der Waals surface area contributed by atoms with E-state index in [4.69, 9.17) is 11.6 Å². The highest BCUT2D eigenvalue weighted by Crippen LogP contribution is 2.19. The second kappa shape index (κ2) is 6.87. The zero-order valence-corrected chi connectivity index (χ0v) is 12.7. The van der Waals surface area contributed by atoms with Gasteiger partial charge in [0.25, 0.3) is 0 Å². The molecule has 1 aliphatic rings. The van der Waals surface area contributed by atoms with Crippen LogP contribution < -0.4 is 10.2 Å². The number of hydrogen-bond acceptors (Lipinski definition) is 4. The van der Waals surface area contributed by atoms with E-state index in [2.05, 4.69) is 20.2 Å². The van der Waals surface area contributed by atoms with Gasteiger partial charge in [-0.2, -0.15) is 0 Å². The van der Waals surface area contributed by atoms with Gasteiger partial charge in [0.1, 0.15) is 0 Å². The van der Waals surface area contributed by atoms with Gasteiger partial charge in [-0.3, -0.25) is 0 Å². The van der Waals surface area contributed by atoms with Crippen LogP contribution in [0, 0.1) is 0 Å². The average molecular weight is 303 g/mol. The zero-order chi connectivity index (χ0) is 14.5. The molecule has 0 unspecified atom stereocenters. The third-order valence-electron chi connectivity index (χ3n) is 3.67. The summed E-state index contributed by atoms with van der Waals surface area (Å²) in [5, 5.41) is 4.18. The number of hydrogen-bond donors (Lipinski definition) is 1. The zero-order valence-electron chi connectivity index (χ0n) is 11.9. The predicted octanol–water partition coefficient (Wildman–Crippen LogP) is 2.52. The first kappa shape index (κ1) is 14.3. The van der Waals surface area contributed by atoms with Crippen molar-refractivity contribution in [2.75, 3.05) is 31.1 Å². The van der Waals surface area contributed by atoms with Crippen molar-refractivity contribution < 1.29 is 0 Å². The molecule has 3 rings (SSSR count). The molecule has 0 radical (unpaired) electrons. The van der Waals surface area contributed by atoms with Crippen LogP contribution in [0.5, 0.6) is 0 Å². The molecule has 4 nitrogen and oxygen atoms in total. The fraction of sp³-hybridized carbons (Fsp3) is 0.375. The van der Waals surface area contributed by atoms with Gasteiger partial charge in [-0.15, -0.1) is 0 Å². The van der Waals surface area contributed by atoms with Gasteiger partial charge in [-0.1, -0.05) is 29.8 Å². The van der Waals surface area contributed by atoms with Crippen molar-refractivity contribution in [2.45, 2.75) is 12.8 Å². The topological polar surface area (TPSA) is 41.1 Å². The summed E-state index contributed by atoms with van der Waals surface area (Å²) < 4.78 is 0. The van der Waals surface area contributed by atoms with Crippen molar-refractivity contribution in [1.29, 1.82) is 0 Å². The summed E-state index contributed by atoms with van der Waals surface area (Å²) in [6.45, 7) is 4.03. The minimum atomic E-state index is 0.765. The van der Waals surface area contributed by atoms with E-state index in [1.807, 2.05) is 36.7 Å². The van der Waals surface area contributed by atoms with Gasteiger partial charge in [-0.25, -0.2) is 9.97 Å². The Morgan fingerprint density at radius 3 is 2.71 bits per heavy atom. The summed E-state index contributed by atoms with van der Waals surface area (Å²) in [4.78, 5) is 11.3. The van der Waals surface area contributed by atoms with Crippen LogP contribution in [0.1, 0.15) is 17.5 Å². The highest BCUT2D eigenvalue weighted by atomic mass is 35.5. The fourth-order valence-electron chi connectivity index (χ4n) is 2.51. The average Bonchev–Trinajstić information content (AvgIpc) is 2.80. The van der Waals surface area contributed by atoms with Crippen molar-refractivity contribution in [3.63, 3.8) is 0 Å². The number of nitrogens with one attached hydrogen (secondary N) is 1. The van der Waals surface area contributed by atoms with Gasteiger partial charge in [0.05, 0.1) is 0 Å². The molecule has 1 aromatic carbocycles. The predicted molar refractivity (Wildman–Crippen MR) is 86.0 cm³/mol. The molecular weight excluding hydrogens is 284 g/mol. The number of nitrogens with zero attached hydrogens (tertiary/aromatic N) is 3. The van der Waals surface area contributed by atoms with Gasteiger partial charge in [0.15, 0.2) is 0 Å². The molecule has 1 aliphatic heterocycles. The Balaban J connectivity index is 1.70. The maximum absolute atomic E-state index is 6.19. The highest BCUT2D eigenvalue weighted by molar-refractivity contribution is 6.31. The summed E-state index contributed by atoms with van der Waals surface area (Å²) in [5.74, 6) is 0.821. The largest absolute Gasteiger partial charge is 0.340 e. The lowest BCUT2D eigenvalue weighted by Gasteiger charge is -2.19. The van der Waals surface area contributed by atoms with E-state index in [0.29, 0.717) is 0 Å². The maximum Gasteiger partial charge on any atom is 0.225 e. The molecule has 1 fully saturated rings. The first-order valence-electron chi connectivity index (χ1n) is 7.33. The fourth-order valence-corrected chi connectivity index (χ4v) is 2.71. The van der Waals surface area contributed by atoms with E-state index in [1.165, 1.54) is 0 Å². The molecule has 2 heterocycles. The van der Waals surface area contributed by atoms with Crippen LogP contribution in [0.15, 0.2) is 36.7 Å². The number of rotatable bonds is 3. The van der Waals surface area contributed by atoms with E-state index in [0.717, 1.165) is 61.1 Å². The van der Waals surface area contributed by atoms with Gasteiger partial charge in [0, 0.05) is 43.5 Å². The van der Waals surface area contributed by atoms with Crippen molar-refractivity contribution in [3.8, 4) is 0 Å². The first-order chi connectivity index (χ1) is 10.3. The van der Waals surface area contributed by atoms with E-state index >= 15 is 0 Å². The van der Waals surface area contributed by atoms with Crippen LogP contribution in [0.4, 0.5) is 5.95 Å². The van der Waals surface area contributed by atoms with E-state index in [9.17, 15) is 0 Å². The monoisotopic (exact) mass is 302 g/mol. The highest BCUT2D eigenvalue weighted by Gasteiger charge is 2.12. The third-order valence-corrected chi connectivity index (χ3v) is 4.04. The number of halogens is 1. The summed E-state index contributed by atoms with van der Waals surface area (Å²) in [7, 11) is 0. The van der Waals surface area contributed by atoms with Gasteiger partial charge >= 0.3 is 0 Å². The molecule has 1 N–H and O–H groups in total. The molecule has 0 amide bonds. The molecular formula is C16H19ClN4. The molecule has 0 aliphatic carbocycles. The van der Waals surface area contributed by atoms with Crippen molar-refractivity contribution in [1.82, 2.24) is 15.3 Å². The lowest BCUT2D eigenvalue weighted by atomic mass is 10.1. The van der Waals surface area contributed by atoms with Gasteiger partial charge in [-0.05, 0) is 30.2 Å². The molecule has 5 heteroatoms. The molecule has 2 aromatic rings. The molecule has 0 bridgehead atoms. The van der Waals surface area contributed by atoms with Crippen LogP contribution >= 0.6 is 11.6 Å². The molecule has 1 saturated heterocycles. The lowest BCUT2D eigenvalue weighted by molar-refractivity contribution is 0.724. The van der Waals surface area contributed by atoms with E-state index in [1.54, 1.807) is 0 Å². The van der Waals surface area contributed by atoms with Crippen LogP contribution in [0.2, 0.25) is 5.02 Å². The number of benzene rings is 1. The lowest BCUT2D eigenvalue weighted by Crippen LogP contribution is -2.29. The smallest absolute Gasteiger partial charge is 0.225 e. The van der Waals surface area contributed by atoms with Gasteiger partial charge in [0.2, 0.25) is 5.95 Å². The quantitative estimate of drug-likeness (QED) is 0.946. The Labute approximate surface area is 130 Å². The molecule has 0 saturated carbocycles. The second-order valence-electron chi connectivity index (χ2n) is 5.25. The van der Waals surface area contributed by atoms with E-state index in [-0.39, 0.29) is 0 Å². The molecule has 1 aromatic heterocycles. The molecule has 0 spiro atoms. The maximum atomic E-state index is 6.19. The molecule has 21 heavy (non-hydrogen) atoms. The third kappa shape index (κ3) is 3.71. The normalized spacial score (nSPS) is 15.8. The van der Waals surface area contributed by atoms with Crippen molar-refractivity contribution in [3.05, 3.63) is 52.8 Å². The van der Waals surface area contributed by atoms with Crippen molar-refractivity contribution in [2.24, 2.45) is 0 Å². The number of anilines is 1. The summed E-state index contributed by atoms with van der Waals surface area (Å²) in [6.07, 6.45) is 5.71. The summed E-state index contributed by atoms with van der Waals surface area (Å²) >= 11 is 6.19. The molecule has 110 valence electrons. The van der Waals surface area contributed by atoms with Crippen LogP contribution in [0.25, 0.3) is 0 Å². The second-order valence-corrected chi connectivity index (χ2v) is 5.66. The molecule has 0 atom stereocenters. The van der Waals surface area contributed by atoms with E-state index < -0.39 is 0 Å². The van der Waals surface area contributed by atoms with Crippen LogP contribution in [-0.2, 0) is 6.42 Å². The minimum absolute atomic E-state index is 0.765. The Morgan fingerprint density at radius 1 is 1.10 bits per heavy atom. The Morgan fingerprint density at radius 2 is 1.90 bits per heavy atom. The van der Waals surface area contributed by atoms with Crippen molar-refractivity contribution >= 4 is 17.5 Å². The summed E-state index contributed by atoms with van der Waals surface area (Å²) in [6, 6.07) is 7.90. The van der Waals surface area contributed by atoms with Gasteiger partial charge < -0.3 is 10.2 Å². The Bertz CT molecular complexity index is 577. The van der Waals surface area contributed by atoms with Crippen LogP contribution in [0.3, 0.4) is 0 Å². The Kier molecular flexibility index (Phi) is 4.68. The number of aromatic nitrogens is 2. The standard InChI is InChI=1S/C16H19ClN4/c17-15-5-2-1-4-14(15)10-13-11-19-16(20-12-13)21-8-3-6-18-7-9-21/h1-2,4-5,11-12,18H,3,6-10H2. The summed E-state index contributed by atoms with van der Waals surface area (Å²) in [5.41, 5.74) is 2.19. The Hall–Kier alpha value is -1.65. The minimum Gasteiger partial charge on any atom is -0.340 e.